The standard InChI is InChI=1S/C27H33N5O3S/c1-7-14-32-25(24(17(2)3)29-26(34)20-9-12-22(35-6)13-10-20)30-31-27(32)36-16-23(33)28-21-11-8-18(4)19(5)15-21/h7-13,15,17,24H,1,14,16H2,2-6H3,(H,28,33)(H,29,34). The number of nitrogens with zero attached hydrogens (tertiary/aromatic N) is 3. The molecule has 2 N–H and O–H groups in total. The maximum Gasteiger partial charge on any atom is 0.251 e. The van der Waals surface area contributed by atoms with Crippen LogP contribution >= 0.6 is 11.8 Å². The smallest absolute Gasteiger partial charge is 0.251 e. The van der Waals surface area contributed by atoms with Crippen LogP contribution in [-0.2, 0) is 11.3 Å². The van der Waals surface area contributed by atoms with Gasteiger partial charge in [-0.25, -0.2) is 0 Å². The molecule has 0 aliphatic heterocycles. The maximum atomic E-state index is 13.0. The summed E-state index contributed by atoms with van der Waals surface area (Å²) in [6, 6.07) is 12.4. The molecular weight excluding hydrogens is 474 g/mol. The van der Waals surface area contributed by atoms with Gasteiger partial charge in [0, 0.05) is 17.8 Å². The minimum absolute atomic E-state index is 0.0471. The van der Waals surface area contributed by atoms with E-state index in [9.17, 15) is 9.59 Å². The molecule has 3 aromatic rings. The molecule has 1 aromatic heterocycles. The molecule has 3 rings (SSSR count). The second-order valence-corrected chi connectivity index (χ2v) is 9.74. The van der Waals surface area contributed by atoms with Crippen molar-refractivity contribution in [1.29, 1.82) is 0 Å². The number of aromatic nitrogens is 3. The first kappa shape index (κ1) is 27.0. The molecule has 1 atom stereocenters. The Morgan fingerprint density at radius 1 is 1.11 bits per heavy atom. The molecule has 1 unspecified atom stereocenters. The monoisotopic (exact) mass is 507 g/mol. The summed E-state index contributed by atoms with van der Waals surface area (Å²) in [5.41, 5.74) is 3.57. The largest absolute Gasteiger partial charge is 0.497 e. The molecule has 0 bridgehead atoms. The van der Waals surface area contributed by atoms with E-state index in [0.29, 0.717) is 28.8 Å². The Morgan fingerprint density at radius 3 is 2.44 bits per heavy atom. The number of ether oxygens (including phenoxy) is 1. The second-order valence-electron chi connectivity index (χ2n) is 8.80. The van der Waals surface area contributed by atoms with Crippen LogP contribution in [0.15, 0.2) is 60.3 Å². The van der Waals surface area contributed by atoms with E-state index >= 15 is 0 Å². The highest BCUT2D eigenvalue weighted by Gasteiger charge is 2.26. The van der Waals surface area contributed by atoms with E-state index in [1.165, 1.54) is 17.3 Å². The molecule has 1 heterocycles. The van der Waals surface area contributed by atoms with Crippen molar-refractivity contribution in [3.63, 3.8) is 0 Å². The molecule has 0 aliphatic rings. The molecule has 0 spiro atoms. The van der Waals surface area contributed by atoms with Crippen LogP contribution in [0, 0.1) is 19.8 Å². The number of hydrogen-bond donors (Lipinski definition) is 2. The Labute approximate surface area is 216 Å². The van der Waals surface area contributed by atoms with E-state index in [4.69, 9.17) is 4.74 Å². The lowest BCUT2D eigenvalue weighted by atomic mass is 10.0. The molecule has 0 radical (unpaired) electrons. The summed E-state index contributed by atoms with van der Waals surface area (Å²) < 4.78 is 7.06. The SMILES string of the molecule is C=CCn1c(SCC(=O)Nc2ccc(C)c(C)c2)nnc1C(NC(=O)c1ccc(OC)cc1)C(C)C. The van der Waals surface area contributed by atoms with E-state index in [0.717, 1.165) is 11.3 Å². The van der Waals surface area contributed by atoms with Crippen molar-refractivity contribution in [2.75, 3.05) is 18.2 Å². The summed E-state index contributed by atoms with van der Waals surface area (Å²) in [5, 5.41) is 15.3. The average Bonchev–Trinajstić information content (AvgIpc) is 3.25. The number of anilines is 1. The van der Waals surface area contributed by atoms with Crippen LogP contribution in [0.2, 0.25) is 0 Å². The highest BCUT2D eigenvalue weighted by molar-refractivity contribution is 7.99. The van der Waals surface area contributed by atoms with Gasteiger partial charge in [-0.05, 0) is 67.3 Å². The van der Waals surface area contributed by atoms with E-state index in [-0.39, 0.29) is 29.5 Å². The first-order chi connectivity index (χ1) is 17.2. The minimum atomic E-state index is -0.384. The molecule has 2 aromatic carbocycles. The topological polar surface area (TPSA) is 98.1 Å². The maximum absolute atomic E-state index is 13.0. The highest BCUT2D eigenvalue weighted by atomic mass is 32.2. The van der Waals surface area contributed by atoms with Gasteiger partial charge >= 0.3 is 0 Å². The van der Waals surface area contributed by atoms with Crippen molar-refractivity contribution < 1.29 is 14.3 Å². The third kappa shape index (κ3) is 6.75. The van der Waals surface area contributed by atoms with Gasteiger partial charge in [-0.1, -0.05) is 37.8 Å². The third-order valence-electron chi connectivity index (χ3n) is 5.76. The first-order valence-corrected chi connectivity index (χ1v) is 12.7. The zero-order valence-corrected chi connectivity index (χ0v) is 22.2. The predicted molar refractivity (Wildman–Crippen MR) is 144 cm³/mol. The van der Waals surface area contributed by atoms with Gasteiger partial charge < -0.3 is 19.9 Å². The number of benzene rings is 2. The fourth-order valence-corrected chi connectivity index (χ4v) is 4.34. The minimum Gasteiger partial charge on any atom is -0.497 e. The van der Waals surface area contributed by atoms with Gasteiger partial charge in [0.25, 0.3) is 5.91 Å². The quantitative estimate of drug-likeness (QED) is 0.282. The van der Waals surface area contributed by atoms with Crippen LogP contribution in [0.1, 0.15) is 47.2 Å². The second kappa shape index (κ2) is 12.4. The van der Waals surface area contributed by atoms with Crippen LogP contribution in [-0.4, -0.2) is 39.4 Å². The Hall–Kier alpha value is -3.59. The van der Waals surface area contributed by atoms with Gasteiger partial charge in [0.15, 0.2) is 11.0 Å². The summed E-state index contributed by atoms with van der Waals surface area (Å²) in [6.45, 7) is 12.4. The fourth-order valence-electron chi connectivity index (χ4n) is 3.58. The van der Waals surface area contributed by atoms with Gasteiger partial charge in [0.2, 0.25) is 5.91 Å². The molecule has 36 heavy (non-hydrogen) atoms. The lowest BCUT2D eigenvalue weighted by molar-refractivity contribution is -0.113. The number of carbonyl (C=O) groups excluding carboxylic acids is 2. The van der Waals surface area contributed by atoms with Crippen LogP contribution in [0.4, 0.5) is 5.69 Å². The predicted octanol–water partition coefficient (Wildman–Crippen LogP) is 4.95. The molecule has 9 heteroatoms. The molecule has 0 saturated carbocycles. The molecule has 0 fully saturated rings. The molecule has 190 valence electrons. The Balaban J connectivity index is 1.74. The third-order valence-corrected chi connectivity index (χ3v) is 6.73. The number of nitrogens with one attached hydrogen (secondary N) is 2. The van der Waals surface area contributed by atoms with Gasteiger partial charge in [-0.2, -0.15) is 0 Å². The van der Waals surface area contributed by atoms with Crippen molar-refractivity contribution in [1.82, 2.24) is 20.1 Å². The highest BCUT2D eigenvalue weighted by Crippen LogP contribution is 2.26. The van der Waals surface area contributed by atoms with Crippen molar-refractivity contribution >= 4 is 29.3 Å². The number of amides is 2. The summed E-state index contributed by atoms with van der Waals surface area (Å²) in [7, 11) is 1.58. The van der Waals surface area contributed by atoms with E-state index in [2.05, 4.69) is 27.4 Å². The first-order valence-electron chi connectivity index (χ1n) is 11.7. The molecule has 8 nitrogen and oxygen atoms in total. The van der Waals surface area contributed by atoms with Crippen LogP contribution in [0.25, 0.3) is 0 Å². The summed E-state index contributed by atoms with van der Waals surface area (Å²) in [6.07, 6.45) is 1.74. The van der Waals surface area contributed by atoms with E-state index in [1.54, 1.807) is 37.5 Å². The lowest BCUT2D eigenvalue weighted by Crippen LogP contribution is -2.33. The summed E-state index contributed by atoms with van der Waals surface area (Å²) in [4.78, 5) is 25.5. The van der Waals surface area contributed by atoms with Gasteiger partial charge in [-0.3, -0.25) is 9.59 Å². The number of methoxy groups -OCH3 is 1. The van der Waals surface area contributed by atoms with Crippen LogP contribution in [0.5, 0.6) is 5.75 Å². The Morgan fingerprint density at radius 2 is 1.83 bits per heavy atom. The number of hydrogen-bond acceptors (Lipinski definition) is 6. The molecule has 0 aliphatic carbocycles. The van der Waals surface area contributed by atoms with Crippen molar-refractivity contribution in [3.8, 4) is 5.75 Å². The number of allylic oxidation sites excluding steroid dienone is 1. The van der Waals surface area contributed by atoms with Crippen LogP contribution in [0.3, 0.4) is 0 Å². The van der Waals surface area contributed by atoms with Gasteiger partial charge in [0.05, 0.1) is 18.9 Å². The summed E-state index contributed by atoms with van der Waals surface area (Å²) >= 11 is 1.29. The molecular formula is C27H33N5O3S. The average molecular weight is 508 g/mol. The van der Waals surface area contributed by atoms with Crippen LogP contribution < -0.4 is 15.4 Å². The zero-order chi connectivity index (χ0) is 26.2. The van der Waals surface area contributed by atoms with E-state index in [1.807, 2.05) is 50.5 Å². The van der Waals surface area contributed by atoms with Crippen molar-refractivity contribution in [2.24, 2.45) is 5.92 Å². The van der Waals surface area contributed by atoms with Gasteiger partial charge in [-0.15, -0.1) is 16.8 Å². The number of carbonyl (C=O) groups is 2. The molecule has 0 saturated heterocycles. The van der Waals surface area contributed by atoms with Crippen molar-refractivity contribution in [3.05, 3.63) is 77.6 Å². The number of thioether (sulfide) groups is 1. The van der Waals surface area contributed by atoms with Gasteiger partial charge in [0.1, 0.15) is 5.75 Å². The number of rotatable bonds is 11. The van der Waals surface area contributed by atoms with Crippen molar-refractivity contribution in [2.45, 2.75) is 45.4 Å². The zero-order valence-electron chi connectivity index (χ0n) is 21.4. The molecule has 2 amide bonds. The fraction of sp³-hybridized carbons (Fsp3) is 0.333. The normalized spacial score (nSPS) is 11.7. The Bertz CT molecular complexity index is 1220. The Kier molecular flexibility index (Phi) is 9.30. The summed E-state index contributed by atoms with van der Waals surface area (Å²) in [5.74, 6) is 1.17. The van der Waals surface area contributed by atoms with E-state index < -0.39 is 0 Å². The lowest BCUT2D eigenvalue weighted by Gasteiger charge is -2.22. The number of aryl methyl sites for hydroxylation is 2.